The molecule has 7 rings (SSSR count). The lowest BCUT2D eigenvalue weighted by atomic mass is 9.43. The Morgan fingerprint density at radius 1 is 0.935 bits per heavy atom. The van der Waals surface area contributed by atoms with Crippen LogP contribution >= 0.6 is 0 Å². The molecule has 160 valence electrons. The molecule has 0 saturated heterocycles. The normalized spacial score (nSPS) is 36.2. The molecule has 1 atom stereocenters. The van der Waals surface area contributed by atoms with Gasteiger partial charge < -0.3 is 5.73 Å². The predicted molar refractivity (Wildman–Crippen MR) is 123 cm³/mol. The minimum atomic E-state index is -0.887. The van der Waals surface area contributed by atoms with Crippen molar-refractivity contribution in [3.8, 4) is 11.1 Å². The Morgan fingerprint density at radius 3 is 2.06 bits per heavy atom. The average Bonchev–Trinajstić information content (AvgIpc) is 2.98. The molecule has 0 spiro atoms. The molecule has 1 heterocycles. The third kappa shape index (κ3) is 2.60. The molecule has 1 amide bonds. The third-order valence-corrected chi connectivity index (χ3v) is 8.68. The van der Waals surface area contributed by atoms with Gasteiger partial charge in [0.15, 0.2) is 11.5 Å². The van der Waals surface area contributed by atoms with E-state index < -0.39 is 5.54 Å². The molecule has 4 heteroatoms. The van der Waals surface area contributed by atoms with Gasteiger partial charge in [0, 0.05) is 12.5 Å². The van der Waals surface area contributed by atoms with E-state index in [0.29, 0.717) is 5.96 Å². The topological polar surface area (TPSA) is 58.7 Å². The molecular formula is C27H31N3O. The van der Waals surface area contributed by atoms with E-state index in [0.717, 1.165) is 48.1 Å². The van der Waals surface area contributed by atoms with E-state index in [2.05, 4.69) is 55.5 Å². The summed E-state index contributed by atoms with van der Waals surface area (Å²) < 4.78 is 0. The average molecular weight is 414 g/mol. The van der Waals surface area contributed by atoms with Crippen molar-refractivity contribution in [1.82, 2.24) is 4.90 Å². The van der Waals surface area contributed by atoms with Crippen LogP contribution in [0.5, 0.6) is 0 Å². The van der Waals surface area contributed by atoms with Crippen LogP contribution < -0.4 is 5.73 Å². The first kappa shape index (κ1) is 19.1. The van der Waals surface area contributed by atoms with E-state index in [1.165, 1.54) is 30.4 Å². The molecule has 4 bridgehead atoms. The molecule has 0 radical (unpaired) electrons. The number of amides is 1. The summed E-state index contributed by atoms with van der Waals surface area (Å²) in [5.74, 6) is 2.63. The highest BCUT2D eigenvalue weighted by molar-refractivity contribution is 6.07. The molecule has 4 fully saturated rings. The van der Waals surface area contributed by atoms with Gasteiger partial charge in [-0.05, 0) is 86.0 Å². The maximum absolute atomic E-state index is 14.0. The standard InChI is InChI=1S/C27H31N3O/c1-17-5-3-6-21(9-17)22-7-4-8-23(13-22)27(24(31)30(2)25(28)29-27)26-14-18-10-19(15-26)12-20(11-18)16-26/h3-9,13,18-20H,10-12,14-16H2,1-2H3,(H2,28,29). The minimum Gasteiger partial charge on any atom is -0.369 e. The van der Waals surface area contributed by atoms with Crippen LogP contribution in [0.25, 0.3) is 11.1 Å². The Bertz CT molecular complexity index is 1070. The first-order valence-corrected chi connectivity index (χ1v) is 11.7. The fraction of sp³-hybridized carbons (Fsp3) is 0.481. The molecule has 2 aromatic carbocycles. The first-order valence-electron chi connectivity index (χ1n) is 11.7. The number of aliphatic imine (C=N–C) groups is 1. The van der Waals surface area contributed by atoms with Crippen LogP contribution in [-0.4, -0.2) is 23.8 Å². The van der Waals surface area contributed by atoms with E-state index in [-0.39, 0.29) is 11.3 Å². The smallest absolute Gasteiger partial charge is 0.262 e. The molecule has 2 aromatic rings. The Kier molecular flexibility index (Phi) is 3.97. The van der Waals surface area contributed by atoms with Crippen molar-refractivity contribution >= 4 is 11.9 Å². The lowest BCUT2D eigenvalue weighted by Gasteiger charge is -2.61. The zero-order chi connectivity index (χ0) is 21.4. The van der Waals surface area contributed by atoms with Gasteiger partial charge >= 0.3 is 0 Å². The number of nitrogens with zero attached hydrogens (tertiary/aromatic N) is 2. The molecule has 4 nitrogen and oxygen atoms in total. The van der Waals surface area contributed by atoms with Gasteiger partial charge in [0.25, 0.3) is 5.91 Å². The third-order valence-electron chi connectivity index (χ3n) is 8.68. The van der Waals surface area contributed by atoms with Gasteiger partial charge in [-0.3, -0.25) is 9.69 Å². The highest BCUT2D eigenvalue weighted by Crippen LogP contribution is 2.67. The summed E-state index contributed by atoms with van der Waals surface area (Å²) in [6.07, 6.45) is 7.31. The Labute approximate surface area is 184 Å². The van der Waals surface area contributed by atoms with Gasteiger partial charge in [-0.25, -0.2) is 4.99 Å². The summed E-state index contributed by atoms with van der Waals surface area (Å²) in [4.78, 5) is 20.6. The molecule has 1 aliphatic heterocycles. The molecule has 2 N–H and O–H groups in total. The van der Waals surface area contributed by atoms with Crippen molar-refractivity contribution in [2.24, 2.45) is 33.9 Å². The van der Waals surface area contributed by atoms with Crippen LogP contribution in [0.15, 0.2) is 53.5 Å². The number of likely N-dealkylation sites (N-methyl/N-ethyl adjacent to an activating group) is 1. The Morgan fingerprint density at radius 2 is 1.52 bits per heavy atom. The monoisotopic (exact) mass is 413 g/mol. The molecular weight excluding hydrogens is 382 g/mol. The molecule has 4 saturated carbocycles. The van der Waals surface area contributed by atoms with Crippen LogP contribution in [0, 0.1) is 30.1 Å². The van der Waals surface area contributed by atoms with Crippen molar-refractivity contribution in [2.45, 2.75) is 51.0 Å². The van der Waals surface area contributed by atoms with Gasteiger partial charge in [-0.2, -0.15) is 0 Å². The Balaban J connectivity index is 1.54. The number of benzene rings is 2. The number of carbonyl (C=O) groups excluding carboxylic acids is 1. The van der Waals surface area contributed by atoms with Gasteiger partial charge in [-0.15, -0.1) is 0 Å². The van der Waals surface area contributed by atoms with Crippen molar-refractivity contribution in [3.05, 3.63) is 59.7 Å². The van der Waals surface area contributed by atoms with Crippen molar-refractivity contribution in [2.75, 3.05) is 7.05 Å². The summed E-state index contributed by atoms with van der Waals surface area (Å²) in [7, 11) is 1.79. The fourth-order valence-electron chi connectivity index (χ4n) is 7.78. The van der Waals surface area contributed by atoms with E-state index in [4.69, 9.17) is 10.7 Å². The molecule has 5 aliphatic rings. The number of rotatable bonds is 3. The van der Waals surface area contributed by atoms with Crippen LogP contribution in [-0.2, 0) is 10.3 Å². The van der Waals surface area contributed by atoms with Crippen LogP contribution in [0.4, 0.5) is 0 Å². The summed E-state index contributed by atoms with van der Waals surface area (Å²) in [6.45, 7) is 2.12. The second kappa shape index (κ2) is 6.44. The van der Waals surface area contributed by atoms with Crippen molar-refractivity contribution in [3.63, 3.8) is 0 Å². The maximum atomic E-state index is 14.0. The van der Waals surface area contributed by atoms with E-state index >= 15 is 0 Å². The van der Waals surface area contributed by atoms with Gasteiger partial charge in [0.05, 0.1) is 0 Å². The van der Waals surface area contributed by atoms with Crippen LogP contribution in [0.2, 0.25) is 0 Å². The zero-order valence-corrected chi connectivity index (χ0v) is 18.5. The predicted octanol–water partition coefficient (Wildman–Crippen LogP) is 4.86. The Hall–Kier alpha value is -2.62. The number of carbonyl (C=O) groups is 1. The van der Waals surface area contributed by atoms with Crippen LogP contribution in [0.3, 0.4) is 0 Å². The number of guanidine groups is 1. The lowest BCUT2D eigenvalue weighted by molar-refractivity contribution is -0.149. The van der Waals surface area contributed by atoms with E-state index in [1.54, 1.807) is 11.9 Å². The maximum Gasteiger partial charge on any atom is 0.262 e. The quantitative estimate of drug-likeness (QED) is 0.781. The number of hydrogen-bond acceptors (Lipinski definition) is 3. The second-order valence-corrected chi connectivity index (χ2v) is 10.7. The van der Waals surface area contributed by atoms with E-state index in [9.17, 15) is 4.79 Å². The van der Waals surface area contributed by atoms with E-state index in [1.807, 2.05) is 0 Å². The van der Waals surface area contributed by atoms with Crippen molar-refractivity contribution < 1.29 is 4.79 Å². The fourth-order valence-corrected chi connectivity index (χ4v) is 7.78. The summed E-state index contributed by atoms with van der Waals surface area (Å²) in [5, 5.41) is 0. The summed E-state index contributed by atoms with van der Waals surface area (Å²) in [6, 6.07) is 17.1. The molecule has 0 aromatic heterocycles. The van der Waals surface area contributed by atoms with Gasteiger partial charge in [0.2, 0.25) is 0 Å². The highest BCUT2D eigenvalue weighted by atomic mass is 16.2. The molecule has 4 aliphatic carbocycles. The minimum absolute atomic E-state index is 0.0633. The number of nitrogens with two attached hydrogens (primary N) is 1. The molecule has 31 heavy (non-hydrogen) atoms. The SMILES string of the molecule is Cc1cccc(-c2cccc(C3(C45CC6CC(CC(C6)C4)C5)N=C(N)N(C)C3=O)c2)c1. The summed E-state index contributed by atoms with van der Waals surface area (Å²) in [5.41, 5.74) is 9.90. The van der Waals surface area contributed by atoms with Gasteiger partial charge in [-0.1, -0.05) is 48.0 Å². The highest BCUT2D eigenvalue weighted by Gasteiger charge is 2.67. The number of hydrogen-bond donors (Lipinski definition) is 1. The summed E-state index contributed by atoms with van der Waals surface area (Å²) >= 11 is 0. The van der Waals surface area contributed by atoms with Crippen LogP contribution in [0.1, 0.15) is 49.7 Å². The first-order chi connectivity index (χ1) is 14.9. The lowest BCUT2D eigenvalue weighted by Crippen LogP contribution is -2.59. The molecule has 1 unspecified atom stereocenters. The van der Waals surface area contributed by atoms with Gasteiger partial charge in [0.1, 0.15) is 0 Å². The number of aryl methyl sites for hydroxylation is 1. The largest absolute Gasteiger partial charge is 0.369 e. The second-order valence-electron chi connectivity index (χ2n) is 10.7. The zero-order valence-electron chi connectivity index (χ0n) is 18.5. The van der Waals surface area contributed by atoms with Crippen molar-refractivity contribution in [1.29, 1.82) is 0 Å².